The van der Waals surface area contributed by atoms with E-state index in [1.54, 1.807) is 0 Å². The zero-order chi connectivity index (χ0) is 12.8. The Morgan fingerprint density at radius 3 is 2.53 bits per heavy atom. The molecule has 0 aliphatic heterocycles. The third kappa shape index (κ3) is 4.69. The van der Waals surface area contributed by atoms with Gasteiger partial charge in [0, 0.05) is 11.1 Å². The maximum absolute atomic E-state index is 6.20. The van der Waals surface area contributed by atoms with Crippen molar-refractivity contribution < 1.29 is 0 Å². The summed E-state index contributed by atoms with van der Waals surface area (Å²) in [6, 6.07) is 6.83. The number of halogens is 1. The van der Waals surface area contributed by atoms with Gasteiger partial charge in [0.2, 0.25) is 0 Å². The second kappa shape index (κ2) is 7.03. The van der Waals surface area contributed by atoms with Gasteiger partial charge in [0.15, 0.2) is 0 Å². The van der Waals surface area contributed by atoms with E-state index >= 15 is 0 Å². The van der Waals surface area contributed by atoms with Crippen molar-refractivity contribution in [2.45, 2.75) is 46.6 Å². The van der Waals surface area contributed by atoms with E-state index in [-0.39, 0.29) is 0 Å². The average molecular weight is 254 g/mol. The van der Waals surface area contributed by atoms with Crippen LogP contribution in [0.15, 0.2) is 18.2 Å². The van der Waals surface area contributed by atoms with Gasteiger partial charge in [-0.25, -0.2) is 0 Å². The molecule has 1 aromatic carbocycles. The van der Waals surface area contributed by atoms with Crippen molar-refractivity contribution >= 4 is 11.6 Å². The van der Waals surface area contributed by atoms with Gasteiger partial charge in [0.1, 0.15) is 0 Å². The highest BCUT2D eigenvalue weighted by Gasteiger charge is 2.13. The van der Waals surface area contributed by atoms with E-state index in [0.29, 0.717) is 12.0 Å². The number of nitrogens with one attached hydrogen (secondary N) is 1. The highest BCUT2D eigenvalue weighted by molar-refractivity contribution is 6.31. The topological polar surface area (TPSA) is 12.0 Å². The standard InChI is InChI=1S/C15H24ClN/c1-5-8-17-15(9-11(2)3)13-7-6-12(4)14(16)10-13/h6-7,10-11,15,17H,5,8-9H2,1-4H3. The SMILES string of the molecule is CCCNC(CC(C)C)c1ccc(C)c(Cl)c1. The average Bonchev–Trinajstić information content (AvgIpc) is 2.27. The van der Waals surface area contributed by atoms with Crippen molar-refractivity contribution in [3.8, 4) is 0 Å². The minimum absolute atomic E-state index is 0.424. The second-order valence-corrected chi connectivity index (χ2v) is 5.55. The van der Waals surface area contributed by atoms with Gasteiger partial charge in [0.25, 0.3) is 0 Å². The third-order valence-electron chi connectivity index (χ3n) is 2.95. The van der Waals surface area contributed by atoms with E-state index in [1.165, 1.54) is 5.56 Å². The molecule has 0 aromatic heterocycles. The molecule has 17 heavy (non-hydrogen) atoms. The quantitative estimate of drug-likeness (QED) is 0.773. The predicted octanol–water partition coefficient (Wildman–Crippen LogP) is 4.74. The zero-order valence-corrected chi connectivity index (χ0v) is 12.1. The van der Waals surface area contributed by atoms with Crippen LogP contribution < -0.4 is 5.32 Å². The number of hydrogen-bond acceptors (Lipinski definition) is 1. The Morgan fingerprint density at radius 2 is 2.00 bits per heavy atom. The van der Waals surface area contributed by atoms with Crippen molar-refractivity contribution in [1.82, 2.24) is 5.32 Å². The highest BCUT2D eigenvalue weighted by Crippen LogP contribution is 2.25. The Morgan fingerprint density at radius 1 is 1.29 bits per heavy atom. The van der Waals surface area contributed by atoms with Gasteiger partial charge < -0.3 is 5.32 Å². The molecule has 0 heterocycles. The summed E-state index contributed by atoms with van der Waals surface area (Å²) in [5.41, 5.74) is 2.46. The largest absolute Gasteiger partial charge is 0.310 e. The lowest BCUT2D eigenvalue weighted by Crippen LogP contribution is -2.23. The lowest BCUT2D eigenvalue weighted by Gasteiger charge is -2.21. The molecule has 0 spiro atoms. The Hall–Kier alpha value is -0.530. The van der Waals surface area contributed by atoms with Crippen LogP contribution in [-0.4, -0.2) is 6.54 Å². The molecule has 2 heteroatoms. The van der Waals surface area contributed by atoms with Crippen molar-refractivity contribution in [3.63, 3.8) is 0 Å². The van der Waals surface area contributed by atoms with Crippen molar-refractivity contribution in [1.29, 1.82) is 0 Å². The van der Waals surface area contributed by atoms with Crippen LogP contribution >= 0.6 is 11.6 Å². The molecule has 0 saturated heterocycles. The van der Waals surface area contributed by atoms with Crippen molar-refractivity contribution in [2.24, 2.45) is 5.92 Å². The zero-order valence-electron chi connectivity index (χ0n) is 11.4. The lowest BCUT2D eigenvalue weighted by atomic mass is 9.96. The summed E-state index contributed by atoms with van der Waals surface area (Å²) in [6.07, 6.45) is 2.31. The molecule has 1 nitrogen and oxygen atoms in total. The first-order valence-corrected chi connectivity index (χ1v) is 6.91. The summed E-state index contributed by atoms with van der Waals surface area (Å²) in [5, 5.41) is 4.48. The lowest BCUT2D eigenvalue weighted by molar-refractivity contribution is 0.430. The minimum atomic E-state index is 0.424. The summed E-state index contributed by atoms with van der Waals surface area (Å²) in [4.78, 5) is 0. The van der Waals surface area contributed by atoms with Gasteiger partial charge in [-0.05, 0) is 49.4 Å². The van der Waals surface area contributed by atoms with Crippen LogP contribution in [0.3, 0.4) is 0 Å². The van der Waals surface area contributed by atoms with Gasteiger partial charge in [0.05, 0.1) is 0 Å². The van der Waals surface area contributed by atoms with Crippen LogP contribution in [0, 0.1) is 12.8 Å². The molecule has 0 saturated carbocycles. The molecule has 1 unspecified atom stereocenters. The fourth-order valence-electron chi connectivity index (χ4n) is 1.95. The Kier molecular flexibility index (Phi) is 6.01. The minimum Gasteiger partial charge on any atom is -0.310 e. The van der Waals surface area contributed by atoms with Crippen molar-refractivity contribution in [2.75, 3.05) is 6.54 Å². The van der Waals surface area contributed by atoms with E-state index in [0.717, 1.165) is 30.0 Å². The number of benzene rings is 1. The number of rotatable bonds is 6. The molecular formula is C15H24ClN. The first kappa shape index (κ1) is 14.5. The van der Waals surface area contributed by atoms with Crippen molar-refractivity contribution in [3.05, 3.63) is 34.3 Å². The normalized spacial score (nSPS) is 13.1. The maximum Gasteiger partial charge on any atom is 0.0438 e. The molecule has 0 fully saturated rings. The smallest absolute Gasteiger partial charge is 0.0438 e. The predicted molar refractivity (Wildman–Crippen MR) is 76.7 cm³/mol. The summed E-state index contributed by atoms with van der Waals surface area (Å²) in [7, 11) is 0. The van der Waals surface area contributed by atoms with Gasteiger partial charge in [-0.3, -0.25) is 0 Å². The third-order valence-corrected chi connectivity index (χ3v) is 3.35. The van der Waals surface area contributed by atoms with Gasteiger partial charge in [-0.1, -0.05) is 44.5 Å². The monoisotopic (exact) mass is 253 g/mol. The van der Waals surface area contributed by atoms with Crippen LogP contribution in [0.25, 0.3) is 0 Å². The maximum atomic E-state index is 6.20. The van der Waals surface area contributed by atoms with Crippen LogP contribution in [0.1, 0.15) is 50.8 Å². The Labute approximate surface area is 111 Å². The van der Waals surface area contributed by atoms with Crippen LogP contribution in [0.5, 0.6) is 0 Å². The van der Waals surface area contributed by atoms with E-state index in [9.17, 15) is 0 Å². The summed E-state index contributed by atoms with van der Waals surface area (Å²) < 4.78 is 0. The Balaban J connectivity index is 2.83. The number of aryl methyl sites for hydroxylation is 1. The molecule has 1 N–H and O–H groups in total. The highest BCUT2D eigenvalue weighted by atomic mass is 35.5. The second-order valence-electron chi connectivity index (χ2n) is 5.14. The van der Waals surface area contributed by atoms with Crippen LogP contribution in [-0.2, 0) is 0 Å². The van der Waals surface area contributed by atoms with Crippen LogP contribution in [0.4, 0.5) is 0 Å². The fourth-order valence-corrected chi connectivity index (χ4v) is 2.14. The van der Waals surface area contributed by atoms with E-state index in [4.69, 9.17) is 11.6 Å². The molecular weight excluding hydrogens is 230 g/mol. The molecule has 96 valence electrons. The fraction of sp³-hybridized carbons (Fsp3) is 0.600. The summed E-state index contributed by atoms with van der Waals surface area (Å²) in [6.45, 7) is 9.82. The molecule has 0 aliphatic carbocycles. The van der Waals surface area contributed by atoms with Gasteiger partial charge in [-0.2, -0.15) is 0 Å². The van der Waals surface area contributed by atoms with E-state index < -0.39 is 0 Å². The molecule has 0 aliphatic rings. The van der Waals surface area contributed by atoms with Crippen LogP contribution in [0.2, 0.25) is 5.02 Å². The van der Waals surface area contributed by atoms with Gasteiger partial charge >= 0.3 is 0 Å². The molecule has 1 aromatic rings. The van der Waals surface area contributed by atoms with Gasteiger partial charge in [-0.15, -0.1) is 0 Å². The number of hydrogen-bond donors (Lipinski definition) is 1. The Bertz CT molecular complexity index is 347. The summed E-state index contributed by atoms with van der Waals surface area (Å²) >= 11 is 6.20. The van der Waals surface area contributed by atoms with E-state index in [1.807, 2.05) is 6.92 Å². The molecule has 1 rings (SSSR count). The molecule has 1 atom stereocenters. The molecule has 0 amide bonds. The molecule has 0 bridgehead atoms. The molecule has 0 radical (unpaired) electrons. The van der Waals surface area contributed by atoms with E-state index in [2.05, 4.69) is 44.3 Å². The first-order chi connectivity index (χ1) is 8.04. The first-order valence-electron chi connectivity index (χ1n) is 6.54. The summed E-state index contributed by atoms with van der Waals surface area (Å²) in [5.74, 6) is 0.685.